The van der Waals surface area contributed by atoms with Crippen molar-refractivity contribution >= 4 is 27.3 Å². The van der Waals surface area contributed by atoms with E-state index in [-0.39, 0.29) is 6.04 Å². The van der Waals surface area contributed by atoms with Crippen LogP contribution in [0.15, 0.2) is 28.1 Å². The molecule has 2 aromatic rings. The van der Waals surface area contributed by atoms with Gasteiger partial charge in [-0.1, -0.05) is 0 Å². The Balaban J connectivity index is 2.22. The zero-order valence-electron chi connectivity index (χ0n) is 10.4. The minimum atomic E-state index is 0.121. The van der Waals surface area contributed by atoms with E-state index in [1.165, 1.54) is 10.4 Å². The van der Waals surface area contributed by atoms with Crippen molar-refractivity contribution in [1.29, 1.82) is 0 Å². The summed E-state index contributed by atoms with van der Waals surface area (Å²) in [6.07, 6.45) is 0.885. The highest BCUT2D eigenvalue weighted by Gasteiger charge is 2.13. The van der Waals surface area contributed by atoms with E-state index in [4.69, 9.17) is 5.84 Å². The Bertz CT molecular complexity index is 519. The molecule has 0 aliphatic carbocycles. The molecule has 0 saturated heterocycles. The zero-order valence-corrected chi connectivity index (χ0v) is 12.8. The molecular weight excluding hydrogens is 310 g/mol. The number of halogens is 1. The molecule has 0 aliphatic rings. The number of hydrogen-bond acceptors (Lipinski definition) is 4. The van der Waals surface area contributed by atoms with Crippen molar-refractivity contribution in [2.45, 2.75) is 26.3 Å². The second kappa shape index (κ2) is 5.93. The second-order valence-corrected chi connectivity index (χ2v) is 6.86. The van der Waals surface area contributed by atoms with Gasteiger partial charge in [-0.05, 0) is 59.6 Å². The minimum absolute atomic E-state index is 0.121. The molecule has 0 fully saturated rings. The van der Waals surface area contributed by atoms with Gasteiger partial charge >= 0.3 is 0 Å². The summed E-state index contributed by atoms with van der Waals surface area (Å²) in [6, 6.07) is 8.48. The summed E-state index contributed by atoms with van der Waals surface area (Å²) >= 11 is 5.22. The molecule has 5 heteroatoms. The van der Waals surface area contributed by atoms with E-state index in [0.29, 0.717) is 0 Å². The quantitative estimate of drug-likeness (QED) is 0.670. The Morgan fingerprint density at radius 1 is 1.33 bits per heavy atom. The Hall–Kier alpha value is -0.750. The van der Waals surface area contributed by atoms with Crippen LogP contribution in [0.5, 0.6) is 0 Å². The van der Waals surface area contributed by atoms with Gasteiger partial charge in [0.15, 0.2) is 0 Å². The Kier molecular flexibility index (Phi) is 4.50. The van der Waals surface area contributed by atoms with E-state index in [0.717, 1.165) is 21.6 Å². The summed E-state index contributed by atoms with van der Waals surface area (Å²) in [5, 5.41) is 0. The fourth-order valence-corrected chi connectivity index (χ4v) is 3.53. The third kappa shape index (κ3) is 3.38. The fraction of sp³-hybridized carbons (Fsp3) is 0.308. The number of hydrazine groups is 1. The lowest BCUT2D eigenvalue weighted by Gasteiger charge is -2.16. The van der Waals surface area contributed by atoms with Gasteiger partial charge in [-0.15, -0.1) is 11.3 Å². The molecule has 3 nitrogen and oxygen atoms in total. The lowest BCUT2D eigenvalue weighted by molar-refractivity contribution is 0.554. The van der Waals surface area contributed by atoms with Gasteiger partial charge < -0.3 is 0 Å². The van der Waals surface area contributed by atoms with Crippen molar-refractivity contribution in [3.63, 3.8) is 0 Å². The van der Waals surface area contributed by atoms with Crippen molar-refractivity contribution < 1.29 is 0 Å². The van der Waals surface area contributed by atoms with Crippen LogP contribution in [0.3, 0.4) is 0 Å². The highest BCUT2D eigenvalue weighted by Crippen LogP contribution is 2.27. The van der Waals surface area contributed by atoms with Crippen LogP contribution in [0.25, 0.3) is 0 Å². The van der Waals surface area contributed by atoms with Crippen molar-refractivity contribution in [2.75, 3.05) is 0 Å². The summed E-state index contributed by atoms with van der Waals surface area (Å²) in [7, 11) is 0. The van der Waals surface area contributed by atoms with Crippen LogP contribution in [0.2, 0.25) is 0 Å². The molecule has 0 radical (unpaired) electrons. The molecule has 0 aliphatic heterocycles. The maximum atomic E-state index is 5.68. The molecule has 0 amide bonds. The molecule has 18 heavy (non-hydrogen) atoms. The number of nitrogens with zero attached hydrogens (tertiary/aromatic N) is 1. The summed E-state index contributed by atoms with van der Waals surface area (Å²) in [6.45, 7) is 4.01. The van der Waals surface area contributed by atoms with Crippen LogP contribution >= 0.6 is 27.3 Å². The number of aromatic nitrogens is 1. The highest BCUT2D eigenvalue weighted by atomic mass is 79.9. The summed E-state index contributed by atoms with van der Waals surface area (Å²) in [5.41, 5.74) is 6.13. The third-order valence-corrected chi connectivity index (χ3v) is 4.39. The van der Waals surface area contributed by atoms with E-state index in [9.17, 15) is 0 Å². The molecule has 2 heterocycles. The molecule has 1 atom stereocenters. The molecule has 0 saturated carbocycles. The van der Waals surface area contributed by atoms with Crippen LogP contribution < -0.4 is 11.3 Å². The number of pyridine rings is 1. The van der Waals surface area contributed by atoms with Gasteiger partial charge in [0.25, 0.3) is 0 Å². The van der Waals surface area contributed by atoms with Gasteiger partial charge in [0.1, 0.15) is 0 Å². The lowest BCUT2D eigenvalue weighted by Crippen LogP contribution is -2.29. The van der Waals surface area contributed by atoms with E-state index in [2.05, 4.69) is 50.6 Å². The monoisotopic (exact) mass is 325 g/mol. The first-order chi connectivity index (χ1) is 8.58. The number of hydrogen-bond donors (Lipinski definition) is 2. The first-order valence-corrected chi connectivity index (χ1v) is 7.35. The molecule has 0 aromatic carbocycles. The number of rotatable bonds is 4. The van der Waals surface area contributed by atoms with E-state index >= 15 is 0 Å². The van der Waals surface area contributed by atoms with E-state index < -0.39 is 0 Å². The predicted molar refractivity (Wildman–Crippen MR) is 79.5 cm³/mol. The average molecular weight is 326 g/mol. The van der Waals surface area contributed by atoms with Gasteiger partial charge in [0.2, 0.25) is 0 Å². The van der Waals surface area contributed by atoms with Crippen LogP contribution in [-0.4, -0.2) is 4.98 Å². The van der Waals surface area contributed by atoms with Crippen molar-refractivity contribution in [2.24, 2.45) is 5.84 Å². The first-order valence-electron chi connectivity index (χ1n) is 5.74. The van der Waals surface area contributed by atoms with Gasteiger partial charge in [-0.2, -0.15) is 0 Å². The molecule has 0 bridgehead atoms. The van der Waals surface area contributed by atoms with Gasteiger partial charge in [-0.3, -0.25) is 16.3 Å². The molecule has 2 aromatic heterocycles. The molecule has 0 spiro atoms. The molecule has 1 unspecified atom stereocenters. The maximum absolute atomic E-state index is 5.68. The Labute approximate surface area is 120 Å². The minimum Gasteiger partial charge on any atom is -0.271 e. The van der Waals surface area contributed by atoms with E-state index in [1.807, 2.05) is 13.8 Å². The standard InChI is InChI=1S/C13H16BrN3S/c1-8-5-10(6-9(2)16-8)12(17-15)7-11-3-4-13(14)18-11/h3-6,12,17H,7,15H2,1-2H3. The predicted octanol–water partition coefficient (Wildman–Crippen LogP) is 3.27. The SMILES string of the molecule is Cc1cc(C(Cc2ccc(Br)s2)NN)cc(C)n1. The third-order valence-electron chi connectivity index (χ3n) is 2.74. The van der Waals surface area contributed by atoms with Crippen molar-refractivity contribution in [3.8, 4) is 0 Å². The van der Waals surface area contributed by atoms with Gasteiger partial charge in [-0.25, -0.2) is 0 Å². The number of aryl methyl sites for hydroxylation is 2. The zero-order chi connectivity index (χ0) is 13.1. The Morgan fingerprint density at radius 3 is 2.50 bits per heavy atom. The largest absolute Gasteiger partial charge is 0.271 e. The number of nitrogens with one attached hydrogen (secondary N) is 1. The lowest BCUT2D eigenvalue weighted by atomic mass is 10.0. The van der Waals surface area contributed by atoms with E-state index in [1.54, 1.807) is 11.3 Å². The molecule has 2 rings (SSSR count). The molecule has 3 N–H and O–H groups in total. The molecule has 96 valence electrons. The van der Waals surface area contributed by atoms with Gasteiger partial charge in [0, 0.05) is 22.7 Å². The van der Waals surface area contributed by atoms with Crippen molar-refractivity contribution in [3.05, 3.63) is 49.9 Å². The van der Waals surface area contributed by atoms with Crippen molar-refractivity contribution in [1.82, 2.24) is 10.4 Å². The normalized spacial score (nSPS) is 12.7. The van der Waals surface area contributed by atoms with Crippen LogP contribution in [0.1, 0.15) is 27.9 Å². The number of nitrogens with two attached hydrogens (primary N) is 1. The number of thiophene rings is 1. The van der Waals surface area contributed by atoms with Crippen LogP contribution in [0.4, 0.5) is 0 Å². The van der Waals surface area contributed by atoms with Crippen LogP contribution in [-0.2, 0) is 6.42 Å². The maximum Gasteiger partial charge on any atom is 0.0701 e. The van der Waals surface area contributed by atoms with Gasteiger partial charge in [0.05, 0.1) is 9.83 Å². The molecular formula is C13H16BrN3S. The topological polar surface area (TPSA) is 50.9 Å². The highest BCUT2D eigenvalue weighted by molar-refractivity contribution is 9.11. The average Bonchev–Trinajstić information content (AvgIpc) is 2.70. The second-order valence-electron chi connectivity index (χ2n) is 4.31. The summed E-state index contributed by atoms with van der Waals surface area (Å²) < 4.78 is 1.15. The first kappa shape index (κ1) is 13.7. The summed E-state index contributed by atoms with van der Waals surface area (Å²) in [4.78, 5) is 5.69. The smallest absolute Gasteiger partial charge is 0.0701 e. The summed E-state index contributed by atoms with van der Waals surface area (Å²) in [5.74, 6) is 5.68. The van der Waals surface area contributed by atoms with Crippen LogP contribution in [0, 0.1) is 13.8 Å². The fourth-order valence-electron chi connectivity index (χ4n) is 2.00. The Morgan fingerprint density at radius 2 is 2.00 bits per heavy atom.